The highest BCUT2D eigenvalue weighted by Crippen LogP contribution is 2.52. The smallest absolute Gasteiger partial charge is 0.252 e. The first-order valence-electron chi connectivity index (χ1n) is 8.22. The number of hydrogen-bond acceptors (Lipinski definition) is 7. The SMILES string of the molecule is NS(=O)(=O)c1cc(S(N)(=O)=O)c(NN2C(=O)[C@@H]3[C@H](C2=O)[C@@H]2C=C[C@H]3C2)c(Cl)c1Cl. The lowest BCUT2D eigenvalue weighted by Gasteiger charge is -2.22. The molecule has 3 aliphatic rings. The summed E-state index contributed by atoms with van der Waals surface area (Å²) in [5.74, 6) is -2.34. The quantitative estimate of drug-likeness (QED) is 0.413. The molecule has 29 heavy (non-hydrogen) atoms. The van der Waals surface area contributed by atoms with Gasteiger partial charge in [0.2, 0.25) is 20.0 Å². The van der Waals surface area contributed by atoms with Crippen molar-refractivity contribution in [1.29, 1.82) is 0 Å². The Bertz CT molecular complexity index is 1180. The molecule has 5 N–H and O–H groups in total. The summed E-state index contributed by atoms with van der Waals surface area (Å²) in [6.45, 7) is 0. The van der Waals surface area contributed by atoms with Crippen molar-refractivity contribution in [3.8, 4) is 0 Å². The Morgan fingerprint density at radius 1 is 0.897 bits per heavy atom. The number of imide groups is 1. The predicted molar refractivity (Wildman–Crippen MR) is 102 cm³/mol. The van der Waals surface area contributed by atoms with Gasteiger partial charge in [-0.15, -0.1) is 0 Å². The Hall–Kier alpha value is -1.70. The van der Waals surface area contributed by atoms with Crippen molar-refractivity contribution in [1.82, 2.24) is 5.01 Å². The fourth-order valence-electron chi connectivity index (χ4n) is 4.24. The standard InChI is InChI=1S/C15H14Cl2N4O6S2/c16-11-7(28(18,24)25)4-8(29(19,26)27)13(12(11)17)20-21-14(22)9-5-1-2-6(3-5)10(9)15(21)23/h1-2,4-6,9-10,20H,3H2,(H2,18,24,25)(H2,19,26,27)/t5-,6+,9-,10+. The molecule has 0 radical (unpaired) electrons. The summed E-state index contributed by atoms with van der Waals surface area (Å²) in [6, 6.07) is 0.623. The van der Waals surface area contributed by atoms with Crippen LogP contribution in [0.15, 0.2) is 28.0 Å². The number of nitrogens with zero attached hydrogens (tertiary/aromatic N) is 1. The van der Waals surface area contributed by atoms with Crippen molar-refractivity contribution in [2.24, 2.45) is 33.9 Å². The van der Waals surface area contributed by atoms with Crippen molar-refractivity contribution in [2.45, 2.75) is 16.2 Å². The first-order valence-corrected chi connectivity index (χ1v) is 12.1. The van der Waals surface area contributed by atoms with Crippen LogP contribution in [0.2, 0.25) is 10.0 Å². The molecule has 2 fully saturated rings. The van der Waals surface area contributed by atoms with Crippen molar-refractivity contribution in [3.63, 3.8) is 0 Å². The first kappa shape index (κ1) is 20.6. The minimum absolute atomic E-state index is 0.0743. The molecule has 1 aliphatic heterocycles. The van der Waals surface area contributed by atoms with Crippen LogP contribution in [0.5, 0.6) is 0 Å². The molecule has 4 atom stereocenters. The lowest BCUT2D eigenvalue weighted by molar-refractivity contribution is -0.139. The van der Waals surface area contributed by atoms with Gasteiger partial charge in [-0.3, -0.25) is 15.0 Å². The van der Waals surface area contributed by atoms with E-state index in [1.807, 2.05) is 12.2 Å². The van der Waals surface area contributed by atoms with Gasteiger partial charge in [0.1, 0.15) is 9.79 Å². The molecule has 1 saturated carbocycles. The van der Waals surface area contributed by atoms with Gasteiger partial charge in [0.05, 0.1) is 27.6 Å². The Labute approximate surface area is 175 Å². The lowest BCUT2D eigenvalue weighted by Crippen LogP contribution is -2.38. The number of amides is 2. The molecular formula is C15H14Cl2N4O6S2. The number of rotatable bonds is 4. The third kappa shape index (κ3) is 3.05. The second-order valence-electron chi connectivity index (χ2n) is 7.09. The third-order valence-corrected chi connectivity index (χ3v) is 8.29. The van der Waals surface area contributed by atoms with E-state index in [-0.39, 0.29) is 11.8 Å². The Kier molecular flexibility index (Phi) is 4.54. The molecule has 0 spiro atoms. The van der Waals surface area contributed by atoms with Gasteiger partial charge in [0, 0.05) is 0 Å². The summed E-state index contributed by atoms with van der Waals surface area (Å²) in [5, 5.41) is 9.76. The average molecular weight is 481 g/mol. The monoisotopic (exact) mass is 480 g/mol. The molecule has 1 aromatic rings. The van der Waals surface area contributed by atoms with Gasteiger partial charge in [-0.1, -0.05) is 35.4 Å². The molecule has 14 heteroatoms. The molecule has 1 aromatic carbocycles. The maximum atomic E-state index is 12.8. The van der Waals surface area contributed by atoms with E-state index in [4.69, 9.17) is 33.5 Å². The van der Waals surface area contributed by atoms with Crippen LogP contribution in [0.1, 0.15) is 6.42 Å². The number of fused-ring (bicyclic) bond motifs is 5. The molecule has 10 nitrogen and oxygen atoms in total. The zero-order valence-corrected chi connectivity index (χ0v) is 17.5. The van der Waals surface area contributed by atoms with E-state index in [0.29, 0.717) is 17.5 Å². The summed E-state index contributed by atoms with van der Waals surface area (Å²) in [4.78, 5) is 24.1. The number of nitrogens with two attached hydrogens (primary N) is 2. The van der Waals surface area contributed by atoms with Crippen LogP contribution in [0, 0.1) is 23.7 Å². The maximum absolute atomic E-state index is 12.8. The molecule has 0 unspecified atom stereocenters. The fourth-order valence-corrected chi connectivity index (χ4v) is 6.49. The third-order valence-electron chi connectivity index (χ3n) is 5.44. The number of benzene rings is 1. The molecule has 1 saturated heterocycles. The summed E-state index contributed by atoms with van der Waals surface area (Å²) < 4.78 is 47.5. The summed E-state index contributed by atoms with van der Waals surface area (Å²) in [6.07, 6.45) is 4.49. The van der Waals surface area contributed by atoms with Crippen LogP contribution < -0.4 is 15.7 Å². The normalized spacial score (nSPS) is 28.3. The van der Waals surface area contributed by atoms with Gasteiger partial charge < -0.3 is 0 Å². The second-order valence-corrected chi connectivity index (χ2v) is 10.9. The molecule has 2 bridgehead atoms. The average Bonchev–Trinajstić information content (AvgIpc) is 3.26. The number of allylic oxidation sites excluding steroid dienone is 2. The maximum Gasteiger partial charge on any atom is 0.252 e. The van der Waals surface area contributed by atoms with Crippen molar-refractivity contribution >= 4 is 60.8 Å². The minimum atomic E-state index is -4.55. The molecule has 156 valence electrons. The number of hydrazine groups is 1. The predicted octanol–water partition coefficient (Wildman–Crippen LogP) is 0.422. The molecule has 4 rings (SSSR count). The van der Waals surface area contributed by atoms with Gasteiger partial charge >= 0.3 is 0 Å². The van der Waals surface area contributed by atoms with Crippen molar-refractivity contribution < 1.29 is 26.4 Å². The van der Waals surface area contributed by atoms with Crippen LogP contribution in [0.4, 0.5) is 5.69 Å². The van der Waals surface area contributed by atoms with E-state index in [1.165, 1.54) is 0 Å². The number of anilines is 1. The van der Waals surface area contributed by atoms with Gasteiger partial charge in [0.15, 0.2) is 0 Å². The van der Waals surface area contributed by atoms with E-state index in [2.05, 4.69) is 5.43 Å². The van der Waals surface area contributed by atoms with Crippen LogP contribution in [0.25, 0.3) is 0 Å². The highest BCUT2D eigenvalue weighted by Gasteiger charge is 2.59. The van der Waals surface area contributed by atoms with E-state index in [9.17, 15) is 26.4 Å². The van der Waals surface area contributed by atoms with Gasteiger partial charge in [-0.2, -0.15) is 5.01 Å². The number of carbonyl (C=O) groups excluding carboxylic acids is 2. The zero-order valence-electron chi connectivity index (χ0n) is 14.4. The Morgan fingerprint density at radius 2 is 1.38 bits per heavy atom. The van der Waals surface area contributed by atoms with Crippen LogP contribution in [-0.2, 0) is 29.6 Å². The molecule has 1 heterocycles. The molecule has 2 amide bonds. The summed E-state index contributed by atoms with van der Waals surface area (Å²) >= 11 is 12.0. The number of halogens is 2. The molecule has 0 aromatic heterocycles. The van der Waals surface area contributed by atoms with Crippen LogP contribution in [0.3, 0.4) is 0 Å². The van der Waals surface area contributed by atoms with Crippen molar-refractivity contribution in [3.05, 3.63) is 28.3 Å². The van der Waals surface area contributed by atoms with Crippen LogP contribution >= 0.6 is 23.2 Å². The fraction of sp³-hybridized carbons (Fsp3) is 0.333. The number of nitrogens with one attached hydrogen (secondary N) is 1. The largest absolute Gasteiger partial charge is 0.286 e. The first-order chi connectivity index (χ1) is 13.3. The highest BCUT2D eigenvalue weighted by molar-refractivity contribution is 7.90. The lowest BCUT2D eigenvalue weighted by atomic mass is 9.85. The number of hydrogen-bond donors (Lipinski definition) is 3. The second kappa shape index (κ2) is 6.40. The van der Waals surface area contributed by atoms with Gasteiger partial charge in [-0.25, -0.2) is 27.1 Å². The number of sulfonamides is 2. The Morgan fingerprint density at radius 3 is 1.83 bits per heavy atom. The number of carbonyl (C=O) groups is 2. The van der Waals surface area contributed by atoms with E-state index >= 15 is 0 Å². The molecule has 2 aliphatic carbocycles. The Balaban J connectivity index is 1.81. The van der Waals surface area contributed by atoms with Gasteiger partial charge in [-0.05, 0) is 24.3 Å². The van der Waals surface area contributed by atoms with E-state index in [1.54, 1.807) is 0 Å². The topological polar surface area (TPSA) is 170 Å². The van der Waals surface area contributed by atoms with E-state index < -0.39 is 69.2 Å². The van der Waals surface area contributed by atoms with E-state index in [0.717, 1.165) is 0 Å². The number of primary sulfonamides is 2. The molecular weight excluding hydrogens is 467 g/mol. The highest BCUT2D eigenvalue weighted by atomic mass is 35.5. The van der Waals surface area contributed by atoms with Crippen LogP contribution in [-0.4, -0.2) is 33.7 Å². The summed E-state index contributed by atoms with van der Waals surface area (Å²) in [5.41, 5.74) is 1.90. The van der Waals surface area contributed by atoms with Gasteiger partial charge in [0.25, 0.3) is 11.8 Å². The van der Waals surface area contributed by atoms with Crippen molar-refractivity contribution in [2.75, 3.05) is 5.43 Å². The zero-order chi connectivity index (χ0) is 21.5. The summed E-state index contributed by atoms with van der Waals surface area (Å²) in [7, 11) is -8.99. The minimum Gasteiger partial charge on any atom is -0.286 e.